The van der Waals surface area contributed by atoms with Crippen LogP contribution in [0.15, 0.2) is 23.3 Å². The highest BCUT2D eigenvalue weighted by Gasteiger charge is 2.14. The standard InChI is InChI=1S/C9H7Cl2N3O2/c10-6-2-1-5(3-7(6)11)8(13-14-12)4-9(15)16/h1-3,8H,4H2,(H,15,16). The minimum atomic E-state index is -1.05. The molecule has 7 heteroatoms. The van der Waals surface area contributed by atoms with Gasteiger partial charge in [-0.15, -0.1) is 0 Å². The van der Waals surface area contributed by atoms with Crippen molar-refractivity contribution >= 4 is 29.2 Å². The van der Waals surface area contributed by atoms with Crippen LogP contribution in [0.25, 0.3) is 10.4 Å². The quantitative estimate of drug-likeness (QED) is 0.506. The molecule has 0 aliphatic heterocycles. The minimum absolute atomic E-state index is 0.290. The van der Waals surface area contributed by atoms with Crippen molar-refractivity contribution in [3.8, 4) is 0 Å². The van der Waals surface area contributed by atoms with Gasteiger partial charge in [0.1, 0.15) is 0 Å². The molecule has 0 fully saturated rings. The normalized spacial score (nSPS) is 11.6. The summed E-state index contributed by atoms with van der Waals surface area (Å²) in [6.07, 6.45) is -0.290. The van der Waals surface area contributed by atoms with Crippen molar-refractivity contribution in [3.05, 3.63) is 44.3 Å². The lowest BCUT2D eigenvalue weighted by Gasteiger charge is -2.09. The molecule has 1 aromatic carbocycles. The number of hydrogen-bond donors (Lipinski definition) is 1. The van der Waals surface area contributed by atoms with Crippen LogP contribution in [0.4, 0.5) is 0 Å². The maximum atomic E-state index is 10.6. The first-order valence-corrected chi connectivity index (χ1v) is 5.01. The molecule has 0 saturated heterocycles. The summed E-state index contributed by atoms with van der Waals surface area (Å²) in [6.45, 7) is 0. The van der Waals surface area contributed by atoms with Gasteiger partial charge in [-0.2, -0.15) is 0 Å². The Morgan fingerprint density at radius 3 is 2.69 bits per heavy atom. The van der Waals surface area contributed by atoms with Gasteiger partial charge in [-0.1, -0.05) is 34.4 Å². The molecule has 84 valence electrons. The van der Waals surface area contributed by atoms with Gasteiger partial charge in [-0.05, 0) is 23.2 Å². The van der Waals surface area contributed by atoms with Gasteiger partial charge in [0.2, 0.25) is 0 Å². The van der Waals surface area contributed by atoms with Crippen LogP contribution in [-0.2, 0) is 4.79 Å². The topological polar surface area (TPSA) is 86.1 Å². The third kappa shape index (κ3) is 3.31. The summed E-state index contributed by atoms with van der Waals surface area (Å²) in [6, 6.07) is 3.82. The second kappa shape index (κ2) is 5.61. The number of rotatable bonds is 4. The van der Waals surface area contributed by atoms with Crippen molar-refractivity contribution in [2.45, 2.75) is 12.5 Å². The summed E-state index contributed by atoms with van der Waals surface area (Å²) in [5.41, 5.74) is 8.86. The lowest BCUT2D eigenvalue weighted by molar-refractivity contribution is -0.137. The number of aliphatic carboxylic acids is 1. The fourth-order valence-electron chi connectivity index (χ4n) is 1.17. The highest BCUT2D eigenvalue weighted by Crippen LogP contribution is 2.28. The van der Waals surface area contributed by atoms with Crippen molar-refractivity contribution in [1.29, 1.82) is 0 Å². The van der Waals surface area contributed by atoms with Gasteiger partial charge < -0.3 is 5.11 Å². The third-order valence-electron chi connectivity index (χ3n) is 1.89. The van der Waals surface area contributed by atoms with Crippen LogP contribution in [0.5, 0.6) is 0 Å². The molecule has 0 heterocycles. The third-order valence-corrected chi connectivity index (χ3v) is 2.63. The number of azide groups is 1. The predicted molar refractivity (Wildman–Crippen MR) is 60.6 cm³/mol. The smallest absolute Gasteiger partial charge is 0.304 e. The largest absolute Gasteiger partial charge is 0.481 e. The van der Waals surface area contributed by atoms with E-state index in [1.165, 1.54) is 12.1 Å². The van der Waals surface area contributed by atoms with E-state index in [4.69, 9.17) is 33.8 Å². The van der Waals surface area contributed by atoms with E-state index in [0.29, 0.717) is 15.6 Å². The maximum absolute atomic E-state index is 10.6. The fraction of sp³-hybridized carbons (Fsp3) is 0.222. The molecule has 1 rings (SSSR count). The van der Waals surface area contributed by atoms with Gasteiger partial charge in [-0.25, -0.2) is 0 Å². The molecule has 0 bridgehead atoms. The Bertz CT molecular complexity index is 458. The SMILES string of the molecule is [N-]=[N+]=NC(CC(=O)O)c1ccc(Cl)c(Cl)c1. The van der Waals surface area contributed by atoms with Gasteiger partial charge in [0, 0.05) is 4.91 Å². The molecule has 16 heavy (non-hydrogen) atoms. The van der Waals surface area contributed by atoms with Gasteiger partial charge >= 0.3 is 5.97 Å². The van der Waals surface area contributed by atoms with E-state index in [-0.39, 0.29) is 6.42 Å². The number of carboxylic acid groups (broad SMARTS) is 1. The highest BCUT2D eigenvalue weighted by atomic mass is 35.5. The summed E-state index contributed by atoms with van der Waals surface area (Å²) in [7, 11) is 0. The molecule has 1 atom stereocenters. The molecule has 1 aromatic rings. The van der Waals surface area contributed by atoms with Crippen LogP contribution in [-0.4, -0.2) is 11.1 Å². The average Bonchev–Trinajstić information content (AvgIpc) is 2.21. The Morgan fingerprint density at radius 2 is 2.19 bits per heavy atom. The molecule has 0 radical (unpaired) electrons. The summed E-state index contributed by atoms with van der Waals surface area (Å²) >= 11 is 11.5. The Morgan fingerprint density at radius 1 is 1.50 bits per heavy atom. The number of carboxylic acids is 1. The second-order valence-electron chi connectivity index (χ2n) is 2.99. The molecule has 0 aromatic heterocycles. The van der Waals surface area contributed by atoms with Crippen molar-refractivity contribution < 1.29 is 9.90 Å². The number of carbonyl (C=O) groups is 1. The zero-order valence-corrected chi connectivity index (χ0v) is 9.48. The highest BCUT2D eigenvalue weighted by molar-refractivity contribution is 6.42. The van der Waals surface area contributed by atoms with Gasteiger partial charge in [0.25, 0.3) is 0 Å². The Balaban J connectivity index is 3.05. The molecule has 0 aliphatic rings. The first-order chi connectivity index (χ1) is 7.54. The predicted octanol–water partition coefficient (Wildman–Crippen LogP) is 3.82. The van der Waals surface area contributed by atoms with E-state index < -0.39 is 12.0 Å². The molecule has 0 spiro atoms. The van der Waals surface area contributed by atoms with Crippen molar-refractivity contribution in [3.63, 3.8) is 0 Å². The maximum Gasteiger partial charge on any atom is 0.304 e. The number of nitrogens with zero attached hydrogens (tertiary/aromatic N) is 3. The number of benzene rings is 1. The van der Waals surface area contributed by atoms with Crippen LogP contribution in [0.3, 0.4) is 0 Å². The summed E-state index contributed by atoms with van der Waals surface area (Å²) < 4.78 is 0. The fourth-order valence-corrected chi connectivity index (χ4v) is 1.48. The molecule has 0 saturated carbocycles. The minimum Gasteiger partial charge on any atom is -0.481 e. The zero-order chi connectivity index (χ0) is 12.1. The van der Waals surface area contributed by atoms with Crippen molar-refractivity contribution in [2.24, 2.45) is 5.11 Å². The molecule has 0 aliphatic carbocycles. The van der Waals surface area contributed by atoms with Crippen LogP contribution in [0.1, 0.15) is 18.0 Å². The van der Waals surface area contributed by atoms with E-state index in [1.54, 1.807) is 6.07 Å². The van der Waals surface area contributed by atoms with Crippen LogP contribution in [0, 0.1) is 0 Å². The lowest BCUT2D eigenvalue weighted by atomic mass is 10.1. The van der Waals surface area contributed by atoms with E-state index >= 15 is 0 Å². The number of hydrogen-bond acceptors (Lipinski definition) is 2. The van der Waals surface area contributed by atoms with Crippen molar-refractivity contribution in [1.82, 2.24) is 0 Å². The first-order valence-electron chi connectivity index (χ1n) is 4.25. The molecular weight excluding hydrogens is 253 g/mol. The van der Waals surface area contributed by atoms with Gasteiger partial charge in [0.05, 0.1) is 22.5 Å². The van der Waals surface area contributed by atoms with E-state index in [1.807, 2.05) is 0 Å². The first kappa shape index (κ1) is 12.6. The van der Waals surface area contributed by atoms with Crippen LogP contribution in [0.2, 0.25) is 10.0 Å². The molecule has 1 N–H and O–H groups in total. The number of halogens is 2. The summed E-state index contributed by atoms with van der Waals surface area (Å²) in [4.78, 5) is 13.2. The van der Waals surface area contributed by atoms with E-state index in [9.17, 15) is 4.79 Å². The Kier molecular flexibility index (Phi) is 4.43. The summed E-state index contributed by atoms with van der Waals surface area (Å²) in [5.74, 6) is -1.05. The van der Waals surface area contributed by atoms with Gasteiger partial charge in [-0.3, -0.25) is 4.79 Å². The molecule has 1 unspecified atom stereocenters. The zero-order valence-electron chi connectivity index (χ0n) is 7.97. The lowest BCUT2D eigenvalue weighted by Crippen LogP contribution is -2.03. The van der Waals surface area contributed by atoms with Crippen molar-refractivity contribution in [2.75, 3.05) is 0 Å². The average molecular weight is 260 g/mol. The Labute approximate surface area is 101 Å². The summed E-state index contributed by atoms with van der Waals surface area (Å²) in [5, 5.41) is 12.7. The molecule has 5 nitrogen and oxygen atoms in total. The second-order valence-corrected chi connectivity index (χ2v) is 3.81. The van der Waals surface area contributed by atoms with Crippen LogP contribution >= 0.6 is 23.2 Å². The Hall–Kier alpha value is -1.42. The monoisotopic (exact) mass is 259 g/mol. The molecule has 0 amide bonds. The van der Waals surface area contributed by atoms with Gasteiger partial charge in [0.15, 0.2) is 0 Å². The van der Waals surface area contributed by atoms with E-state index in [2.05, 4.69) is 10.0 Å². The molecular formula is C9H7Cl2N3O2. The van der Waals surface area contributed by atoms with E-state index in [0.717, 1.165) is 0 Å². The van der Waals surface area contributed by atoms with Crippen LogP contribution < -0.4 is 0 Å².